The molecule has 0 bridgehead atoms. The summed E-state index contributed by atoms with van der Waals surface area (Å²) in [6.45, 7) is 1.45. The fraction of sp³-hybridized carbons (Fsp3) is 0.115. The molecule has 2 N–H and O–H groups in total. The first-order valence-electron chi connectivity index (χ1n) is 10.4. The van der Waals surface area contributed by atoms with Crippen molar-refractivity contribution in [2.24, 2.45) is 0 Å². The van der Waals surface area contributed by atoms with E-state index < -0.39 is 0 Å². The zero-order chi connectivity index (χ0) is 23.2. The van der Waals surface area contributed by atoms with Crippen LogP contribution in [0.5, 0.6) is 5.75 Å². The van der Waals surface area contributed by atoms with E-state index in [2.05, 4.69) is 22.8 Å². The van der Waals surface area contributed by atoms with E-state index in [0.29, 0.717) is 11.4 Å². The Bertz CT molecular complexity index is 1290. The highest BCUT2D eigenvalue weighted by Gasteiger charge is 2.11. The van der Waals surface area contributed by atoms with Gasteiger partial charge in [0, 0.05) is 29.8 Å². The molecule has 0 saturated carbocycles. The predicted molar refractivity (Wildman–Crippen MR) is 134 cm³/mol. The highest BCUT2D eigenvalue weighted by Crippen LogP contribution is 2.33. The van der Waals surface area contributed by atoms with Gasteiger partial charge in [0.25, 0.3) is 0 Å². The topological polar surface area (TPSA) is 80.3 Å². The van der Waals surface area contributed by atoms with E-state index in [1.165, 1.54) is 18.7 Å². The van der Waals surface area contributed by atoms with E-state index in [9.17, 15) is 9.59 Å². The Morgan fingerprint density at radius 1 is 0.909 bits per heavy atom. The van der Waals surface area contributed by atoms with Gasteiger partial charge in [-0.15, -0.1) is 0 Å². The Hall–Kier alpha value is -3.84. The summed E-state index contributed by atoms with van der Waals surface area (Å²) >= 11 is 1.38. The average molecular weight is 458 g/mol. The van der Waals surface area contributed by atoms with Crippen LogP contribution in [0.2, 0.25) is 0 Å². The van der Waals surface area contributed by atoms with Crippen molar-refractivity contribution in [2.45, 2.75) is 11.9 Å². The van der Waals surface area contributed by atoms with E-state index in [1.807, 2.05) is 42.5 Å². The summed E-state index contributed by atoms with van der Waals surface area (Å²) in [5, 5.41) is 7.35. The number of rotatable bonds is 7. The van der Waals surface area contributed by atoms with Crippen LogP contribution in [-0.2, 0) is 9.59 Å². The molecule has 0 fully saturated rings. The molecule has 33 heavy (non-hydrogen) atoms. The van der Waals surface area contributed by atoms with E-state index in [0.717, 1.165) is 32.8 Å². The van der Waals surface area contributed by atoms with Crippen LogP contribution in [-0.4, -0.2) is 29.7 Å². The normalized spacial score (nSPS) is 10.6. The maximum atomic E-state index is 12.5. The van der Waals surface area contributed by atoms with Crippen LogP contribution in [0.4, 0.5) is 11.4 Å². The molecule has 0 atom stereocenters. The molecule has 0 aliphatic rings. The number of hydrogen-bond donors (Lipinski definition) is 2. The molecule has 1 aromatic heterocycles. The van der Waals surface area contributed by atoms with E-state index in [-0.39, 0.29) is 17.6 Å². The molecule has 4 aromatic rings. The number of fused-ring (bicyclic) bond motifs is 1. The SMILES string of the molecule is COc1ccc2c(-c3ccccc3)cc(SCC(=O)Nc3ccc(NC(C)=O)cc3)nc2c1. The Morgan fingerprint density at radius 2 is 1.61 bits per heavy atom. The molecule has 0 spiro atoms. The largest absolute Gasteiger partial charge is 0.497 e. The van der Waals surface area contributed by atoms with Gasteiger partial charge in [0.15, 0.2) is 0 Å². The van der Waals surface area contributed by atoms with Crippen LogP contribution < -0.4 is 15.4 Å². The molecule has 0 unspecified atom stereocenters. The third kappa shape index (κ3) is 5.70. The summed E-state index contributed by atoms with van der Waals surface area (Å²) < 4.78 is 5.37. The summed E-state index contributed by atoms with van der Waals surface area (Å²) in [6.07, 6.45) is 0. The number of benzene rings is 3. The van der Waals surface area contributed by atoms with Crippen molar-refractivity contribution in [1.82, 2.24) is 4.98 Å². The van der Waals surface area contributed by atoms with Gasteiger partial charge >= 0.3 is 0 Å². The van der Waals surface area contributed by atoms with E-state index >= 15 is 0 Å². The first-order chi connectivity index (χ1) is 16.0. The van der Waals surface area contributed by atoms with Crippen molar-refractivity contribution in [2.75, 3.05) is 23.5 Å². The number of methoxy groups -OCH3 is 1. The maximum absolute atomic E-state index is 12.5. The van der Waals surface area contributed by atoms with Crippen molar-refractivity contribution in [3.05, 3.63) is 78.9 Å². The van der Waals surface area contributed by atoms with Crippen LogP contribution in [0.25, 0.3) is 22.0 Å². The molecule has 2 amide bonds. The van der Waals surface area contributed by atoms with Crippen molar-refractivity contribution < 1.29 is 14.3 Å². The minimum Gasteiger partial charge on any atom is -0.497 e. The second-order valence-corrected chi connectivity index (χ2v) is 8.35. The summed E-state index contributed by atoms with van der Waals surface area (Å²) in [6, 6.07) is 25.0. The molecule has 0 aliphatic carbocycles. The fourth-order valence-corrected chi connectivity index (χ4v) is 4.13. The van der Waals surface area contributed by atoms with Crippen molar-refractivity contribution in [3.8, 4) is 16.9 Å². The number of nitrogens with zero attached hydrogens (tertiary/aromatic N) is 1. The number of hydrogen-bond acceptors (Lipinski definition) is 5. The van der Waals surface area contributed by atoms with Gasteiger partial charge in [0.05, 0.1) is 23.4 Å². The number of pyridine rings is 1. The van der Waals surface area contributed by atoms with Gasteiger partial charge in [-0.3, -0.25) is 9.59 Å². The van der Waals surface area contributed by atoms with Crippen LogP contribution in [0.3, 0.4) is 0 Å². The highest BCUT2D eigenvalue weighted by molar-refractivity contribution is 7.99. The lowest BCUT2D eigenvalue weighted by atomic mass is 10.0. The first kappa shape index (κ1) is 22.4. The molecule has 4 rings (SSSR count). The number of nitrogens with one attached hydrogen (secondary N) is 2. The van der Waals surface area contributed by atoms with Gasteiger partial charge in [-0.1, -0.05) is 42.1 Å². The molecule has 7 heteroatoms. The van der Waals surface area contributed by atoms with Gasteiger partial charge in [0.2, 0.25) is 11.8 Å². The molecule has 0 aliphatic heterocycles. The van der Waals surface area contributed by atoms with E-state index in [1.54, 1.807) is 31.4 Å². The Balaban J connectivity index is 1.52. The standard InChI is InChI=1S/C26H23N3O3S/c1-17(30)27-19-8-10-20(11-9-19)28-25(31)16-33-26-15-23(18-6-4-3-5-7-18)22-13-12-21(32-2)14-24(22)29-26/h3-15H,16H2,1-2H3,(H,27,30)(H,28,31). The smallest absolute Gasteiger partial charge is 0.234 e. The summed E-state index contributed by atoms with van der Waals surface area (Å²) in [4.78, 5) is 28.4. The second kappa shape index (κ2) is 10.2. The van der Waals surface area contributed by atoms with Crippen LogP contribution in [0.15, 0.2) is 83.9 Å². The lowest BCUT2D eigenvalue weighted by molar-refractivity contribution is -0.114. The van der Waals surface area contributed by atoms with Gasteiger partial charge in [-0.25, -0.2) is 4.98 Å². The second-order valence-electron chi connectivity index (χ2n) is 7.35. The quantitative estimate of drug-likeness (QED) is 0.353. The zero-order valence-electron chi connectivity index (χ0n) is 18.3. The molecule has 6 nitrogen and oxygen atoms in total. The van der Waals surface area contributed by atoms with Crippen molar-refractivity contribution >= 4 is 45.9 Å². The minimum absolute atomic E-state index is 0.138. The number of carbonyl (C=O) groups is 2. The molecule has 3 aromatic carbocycles. The summed E-state index contributed by atoms with van der Waals surface area (Å²) in [5.41, 5.74) is 4.29. The average Bonchev–Trinajstić information content (AvgIpc) is 2.83. The number of carbonyl (C=O) groups excluding carboxylic acids is 2. The molecule has 166 valence electrons. The van der Waals surface area contributed by atoms with Gasteiger partial charge in [0.1, 0.15) is 5.75 Å². The highest BCUT2D eigenvalue weighted by atomic mass is 32.2. The Morgan fingerprint density at radius 3 is 2.27 bits per heavy atom. The molecular weight excluding hydrogens is 434 g/mol. The van der Waals surface area contributed by atoms with E-state index in [4.69, 9.17) is 9.72 Å². The number of thioether (sulfide) groups is 1. The van der Waals surface area contributed by atoms with Crippen LogP contribution >= 0.6 is 11.8 Å². The van der Waals surface area contributed by atoms with Gasteiger partial charge in [-0.05, 0) is 53.6 Å². The fourth-order valence-electron chi connectivity index (χ4n) is 3.42. The predicted octanol–water partition coefficient (Wildman–Crippen LogP) is 5.60. The van der Waals surface area contributed by atoms with Gasteiger partial charge < -0.3 is 15.4 Å². The Labute approximate surface area is 196 Å². The number of ether oxygens (including phenoxy) is 1. The number of anilines is 2. The van der Waals surface area contributed by atoms with Crippen molar-refractivity contribution in [3.63, 3.8) is 0 Å². The lowest BCUT2D eigenvalue weighted by Gasteiger charge is -2.11. The van der Waals surface area contributed by atoms with Crippen LogP contribution in [0, 0.1) is 0 Å². The zero-order valence-corrected chi connectivity index (χ0v) is 19.1. The summed E-state index contributed by atoms with van der Waals surface area (Å²) in [7, 11) is 1.63. The number of aromatic nitrogens is 1. The lowest BCUT2D eigenvalue weighted by Crippen LogP contribution is -2.14. The van der Waals surface area contributed by atoms with Crippen LogP contribution in [0.1, 0.15) is 6.92 Å². The van der Waals surface area contributed by atoms with Gasteiger partial charge in [-0.2, -0.15) is 0 Å². The molecule has 0 saturated heterocycles. The third-order valence-corrected chi connectivity index (χ3v) is 5.83. The molecular formula is C26H23N3O3S. The minimum atomic E-state index is -0.140. The number of amides is 2. The summed E-state index contributed by atoms with van der Waals surface area (Å²) in [5.74, 6) is 0.667. The Kier molecular flexibility index (Phi) is 6.90. The molecule has 1 heterocycles. The monoisotopic (exact) mass is 457 g/mol. The first-order valence-corrected chi connectivity index (χ1v) is 11.3. The third-order valence-electron chi connectivity index (χ3n) is 4.92. The maximum Gasteiger partial charge on any atom is 0.234 e. The van der Waals surface area contributed by atoms with Crippen molar-refractivity contribution in [1.29, 1.82) is 0 Å². The molecule has 0 radical (unpaired) electrons.